The van der Waals surface area contributed by atoms with Gasteiger partial charge in [0, 0.05) is 24.5 Å². The van der Waals surface area contributed by atoms with Crippen molar-refractivity contribution in [3.8, 4) is 0 Å². The van der Waals surface area contributed by atoms with Gasteiger partial charge in [-0.3, -0.25) is 9.78 Å². The Balaban J connectivity index is 1.86. The van der Waals surface area contributed by atoms with Crippen molar-refractivity contribution < 1.29 is 9.59 Å². The van der Waals surface area contributed by atoms with Crippen LogP contribution >= 0.6 is 0 Å². The van der Waals surface area contributed by atoms with Gasteiger partial charge in [0.1, 0.15) is 0 Å². The van der Waals surface area contributed by atoms with Crippen LogP contribution in [0.5, 0.6) is 0 Å². The maximum atomic E-state index is 11.9. The van der Waals surface area contributed by atoms with E-state index in [1.807, 2.05) is 30.3 Å². The number of urea groups is 1. The summed E-state index contributed by atoms with van der Waals surface area (Å²) in [6.45, 7) is 0.485. The van der Waals surface area contributed by atoms with Gasteiger partial charge in [-0.15, -0.1) is 0 Å². The van der Waals surface area contributed by atoms with Crippen molar-refractivity contribution in [1.29, 1.82) is 0 Å². The second kappa shape index (κ2) is 7.23. The van der Waals surface area contributed by atoms with E-state index in [0.717, 1.165) is 10.9 Å². The Morgan fingerprint density at radius 3 is 2.76 bits per heavy atom. The van der Waals surface area contributed by atoms with Crippen LogP contribution in [0.3, 0.4) is 0 Å². The number of para-hydroxylation sites is 1. The Morgan fingerprint density at radius 2 is 1.95 bits per heavy atom. The molecule has 0 unspecified atom stereocenters. The average molecular weight is 286 g/mol. The molecule has 1 aromatic carbocycles. The Hall–Kier alpha value is -2.63. The fraction of sp³-hybridized carbons (Fsp3) is 0.267. The lowest BCUT2D eigenvalue weighted by atomic mass is 10.2. The van der Waals surface area contributed by atoms with Crippen LogP contribution in [0.1, 0.15) is 19.3 Å². The zero-order valence-electron chi connectivity index (χ0n) is 11.6. The summed E-state index contributed by atoms with van der Waals surface area (Å²) in [6, 6.07) is 8.94. The number of rotatable bonds is 6. The quantitative estimate of drug-likeness (QED) is 0.708. The first kappa shape index (κ1) is 14.8. The minimum Gasteiger partial charge on any atom is -0.352 e. The van der Waals surface area contributed by atoms with Gasteiger partial charge >= 0.3 is 6.03 Å². The molecule has 6 nitrogen and oxygen atoms in total. The number of fused-ring (bicyclic) bond motifs is 1. The minimum atomic E-state index is -0.540. The summed E-state index contributed by atoms with van der Waals surface area (Å²) < 4.78 is 0. The van der Waals surface area contributed by atoms with E-state index < -0.39 is 6.03 Å². The molecule has 1 aromatic heterocycles. The van der Waals surface area contributed by atoms with Gasteiger partial charge in [-0.1, -0.05) is 18.2 Å². The molecule has 0 aliphatic carbocycles. The van der Waals surface area contributed by atoms with Crippen LogP contribution in [0, 0.1) is 0 Å². The van der Waals surface area contributed by atoms with Crippen LogP contribution < -0.4 is 16.4 Å². The van der Waals surface area contributed by atoms with Crippen LogP contribution in [0.2, 0.25) is 0 Å². The van der Waals surface area contributed by atoms with Crippen LogP contribution in [-0.2, 0) is 4.79 Å². The summed E-state index contributed by atoms with van der Waals surface area (Å²) in [5.74, 6) is -0.0628. The highest BCUT2D eigenvalue weighted by Crippen LogP contribution is 2.20. The maximum absolute atomic E-state index is 11.9. The zero-order chi connectivity index (χ0) is 15.1. The third-order valence-corrected chi connectivity index (χ3v) is 3.04. The number of pyridine rings is 1. The first-order valence-electron chi connectivity index (χ1n) is 6.84. The molecule has 4 N–H and O–H groups in total. The number of nitrogens with one attached hydrogen (secondary N) is 2. The third kappa shape index (κ3) is 4.45. The second-order valence-corrected chi connectivity index (χ2v) is 4.68. The molecule has 0 aliphatic rings. The van der Waals surface area contributed by atoms with Crippen molar-refractivity contribution in [3.05, 3.63) is 36.5 Å². The van der Waals surface area contributed by atoms with Gasteiger partial charge in [0.05, 0.1) is 11.2 Å². The molecular weight excluding hydrogens is 268 g/mol. The number of anilines is 1. The fourth-order valence-corrected chi connectivity index (χ4v) is 2.04. The number of hydrogen-bond donors (Lipinski definition) is 3. The molecule has 6 heteroatoms. The molecule has 0 aliphatic heterocycles. The smallest absolute Gasteiger partial charge is 0.312 e. The van der Waals surface area contributed by atoms with E-state index in [1.54, 1.807) is 6.20 Å². The average Bonchev–Trinajstić information content (AvgIpc) is 2.47. The molecule has 0 fully saturated rings. The fourth-order valence-electron chi connectivity index (χ4n) is 2.04. The zero-order valence-corrected chi connectivity index (χ0v) is 11.6. The SMILES string of the molecule is NC(=O)NCCCCC(=O)Nc1cccc2cccnc12. The molecule has 2 rings (SSSR count). The van der Waals surface area contributed by atoms with Crippen molar-refractivity contribution in [1.82, 2.24) is 10.3 Å². The molecular formula is C15H18N4O2. The summed E-state index contributed by atoms with van der Waals surface area (Å²) in [4.78, 5) is 26.7. The van der Waals surface area contributed by atoms with Crippen molar-refractivity contribution >= 4 is 28.5 Å². The first-order valence-corrected chi connectivity index (χ1v) is 6.84. The van der Waals surface area contributed by atoms with Gasteiger partial charge in [0.15, 0.2) is 0 Å². The molecule has 0 radical (unpaired) electrons. The largest absolute Gasteiger partial charge is 0.352 e. The highest BCUT2D eigenvalue weighted by molar-refractivity contribution is 6.00. The topological polar surface area (TPSA) is 97.1 Å². The Morgan fingerprint density at radius 1 is 1.14 bits per heavy atom. The van der Waals surface area contributed by atoms with Crippen LogP contribution in [-0.4, -0.2) is 23.5 Å². The number of unbranched alkanes of at least 4 members (excludes halogenated alkanes) is 1. The van der Waals surface area contributed by atoms with Crippen LogP contribution in [0.25, 0.3) is 10.9 Å². The molecule has 0 spiro atoms. The number of carbonyl (C=O) groups is 2. The molecule has 0 bridgehead atoms. The molecule has 110 valence electrons. The summed E-state index contributed by atoms with van der Waals surface area (Å²) in [6.07, 6.45) is 3.49. The van der Waals surface area contributed by atoms with Crippen LogP contribution in [0.4, 0.5) is 10.5 Å². The number of nitrogens with two attached hydrogens (primary N) is 1. The standard InChI is InChI=1S/C15H18N4O2/c16-15(21)18-9-2-1-8-13(20)19-12-7-3-5-11-6-4-10-17-14(11)12/h3-7,10H,1-2,8-9H2,(H,19,20)(H3,16,18,21). The molecule has 0 atom stereocenters. The van der Waals surface area contributed by atoms with Gasteiger partial charge in [-0.2, -0.15) is 0 Å². The van der Waals surface area contributed by atoms with E-state index in [4.69, 9.17) is 5.73 Å². The van der Waals surface area contributed by atoms with Crippen molar-refractivity contribution in [3.63, 3.8) is 0 Å². The lowest BCUT2D eigenvalue weighted by molar-refractivity contribution is -0.116. The molecule has 1 heterocycles. The minimum absolute atomic E-state index is 0.0628. The second-order valence-electron chi connectivity index (χ2n) is 4.68. The lowest BCUT2D eigenvalue weighted by Gasteiger charge is -2.08. The highest BCUT2D eigenvalue weighted by Gasteiger charge is 2.06. The molecule has 3 amide bonds. The van der Waals surface area contributed by atoms with Crippen molar-refractivity contribution in [2.75, 3.05) is 11.9 Å². The van der Waals surface area contributed by atoms with Gasteiger partial charge in [-0.05, 0) is 25.0 Å². The predicted octanol–water partition coefficient (Wildman–Crippen LogP) is 2.01. The number of benzene rings is 1. The third-order valence-electron chi connectivity index (χ3n) is 3.04. The molecule has 0 saturated carbocycles. The molecule has 0 saturated heterocycles. The number of nitrogens with zero attached hydrogens (tertiary/aromatic N) is 1. The van der Waals surface area contributed by atoms with Gasteiger partial charge in [0.25, 0.3) is 0 Å². The summed E-state index contributed by atoms with van der Waals surface area (Å²) in [5, 5.41) is 6.35. The summed E-state index contributed by atoms with van der Waals surface area (Å²) in [7, 11) is 0. The van der Waals surface area contributed by atoms with Crippen LogP contribution in [0.15, 0.2) is 36.5 Å². The maximum Gasteiger partial charge on any atom is 0.312 e. The number of carbonyl (C=O) groups excluding carboxylic acids is 2. The van der Waals surface area contributed by atoms with Gasteiger partial charge < -0.3 is 16.4 Å². The number of amides is 3. The van der Waals surface area contributed by atoms with E-state index in [1.165, 1.54) is 0 Å². The Kier molecular flexibility index (Phi) is 5.09. The van der Waals surface area contributed by atoms with E-state index >= 15 is 0 Å². The predicted molar refractivity (Wildman–Crippen MR) is 81.8 cm³/mol. The highest BCUT2D eigenvalue weighted by atomic mass is 16.2. The Labute approximate surface area is 122 Å². The number of aromatic nitrogens is 1. The monoisotopic (exact) mass is 286 g/mol. The molecule has 2 aromatic rings. The molecule has 21 heavy (non-hydrogen) atoms. The van der Waals surface area contributed by atoms with Gasteiger partial charge in [0.2, 0.25) is 5.91 Å². The lowest BCUT2D eigenvalue weighted by Crippen LogP contribution is -2.30. The van der Waals surface area contributed by atoms with Crippen molar-refractivity contribution in [2.45, 2.75) is 19.3 Å². The summed E-state index contributed by atoms with van der Waals surface area (Å²) >= 11 is 0. The number of hydrogen-bond acceptors (Lipinski definition) is 3. The Bertz CT molecular complexity index is 637. The van der Waals surface area contributed by atoms with Crippen molar-refractivity contribution in [2.24, 2.45) is 5.73 Å². The number of primary amides is 1. The summed E-state index contributed by atoms with van der Waals surface area (Å²) in [5.41, 5.74) is 6.45. The van der Waals surface area contributed by atoms with E-state index in [-0.39, 0.29) is 5.91 Å². The normalized spacial score (nSPS) is 10.3. The van der Waals surface area contributed by atoms with Gasteiger partial charge in [-0.25, -0.2) is 4.79 Å². The van der Waals surface area contributed by atoms with E-state index in [9.17, 15) is 9.59 Å². The first-order chi connectivity index (χ1) is 10.2. The van der Waals surface area contributed by atoms with E-state index in [2.05, 4.69) is 15.6 Å². The van der Waals surface area contributed by atoms with E-state index in [0.29, 0.717) is 31.5 Å².